The van der Waals surface area contributed by atoms with Gasteiger partial charge in [-0.2, -0.15) is 0 Å². The van der Waals surface area contributed by atoms with Crippen molar-refractivity contribution in [3.8, 4) is 5.75 Å². The zero-order chi connectivity index (χ0) is 23.2. The molecule has 2 fully saturated rings. The van der Waals surface area contributed by atoms with Crippen LogP contribution in [0.3, 0.4) is 0 Å². The number of β-amino-alcohol motifs (C(OH)–C–C–N with tert-alkyl or cyclic N) is 1. The molecule has 1 aliphatic heterocycles. The van der Waals surface area contributed by atoms with Crippen LogP contribution in [-0.4, -0.2) is 79.0 Å². The molecule has 0 unspecified atom stereocenters. The van der Waals surface area contributed by atoms with Crippen LogP contribution in [0.5, 0.6) is 5.75 Å². The van der Waals surface area contributed by atoms with Crippen molar-refractivity contribution in [2.24, 2.45) is 5.92 Å². The third kappa shape index (κ3) is 7.40. The van der Waals surface area contributed by atoms with E-state index in [9.17, 15) is 14.3 Å². The van der Waals surface area contributed by atoms with Gasteiger partial charge >= 0.3 is 0 Å². The Labute approximate surface area is 198 Å². The van der Waals surface area contributed by atoms with Gasteiger partial charge in [0.1, 0.15) is 24.3 Å². The lowest BCUT2D eigenvalue weighted by molar-refractivity contribution is -0.0538. The van der Waals surface area contributed by atoms with Gasteiger partial charge in [-0.3, -0.25) is 9.69 Å². The van der Waals surface area contributed by atoms with Crippen molar-refractivity contribution in [1.82, 2.24) is 9.80 Å². The second kappa shape index (κ2) is 11.3. The first-order valence-electron chi connectivity index (χ1n) is 11.4. The van der Waals surface area contributed by atoms with Crippen molar-refractivity contribution in [3.63, 3.8) is 0 Å². The number of hydrogen-bond acceptors (Lipinski definition) is 5. The monoisotopic (exact) mass is 476 g/mol. The summed E-state index contributed by atoms with van der Waals surface area (Å²) in [5, 5.41) is 11.1. The first-order chi connectivity index (χ1) is 16.0. The molecule has 1 amide bonds. The molecule has 0 spiro atoms. The number of nitrogens with zero attached hydrogens (tertiary/aromatic N) is 2. The van der Waals surface area contributed by atoms with E-state index >= 15 is 0 Å². The molecule has 0 bridgehead atoms. The summed E-state index contributed by atoms with van der Waals surface area (Å²) >= 11 is 5.88. The van der Waals surface area contributed by atoms with E-state index in [1.54, 1.807) is 24.3 Å². The topological polar surface area (TPSA) is 62.2 Å². The fraction of sp³-hybridized carbons (Fsp3) is 0.480. The molecule has 0 radical (unpaired) electrons. The van der Waals surface area contributed by atoms with E-state index < -0.39 is 6.10 Å². The Morgan fingerprint density at radius 1 is 1.18 bits per heavy atom. The van der Waals surface area contributed by atoms with Crippen LogP contribution in [-0.2, 0) is 4.74 Å². The normalized spacial score (nSPS) is 19.8. The van der Waals surface area contributed by atoms with Gasteiger partial charge in [-0.25, -0.2) is 4.39 Å². The van der Waals surface area contributed by atoms with E-state index in [1.807, 2.05) is 4.90 Å². The number of morpholine rings is 1. The van der Waals surface area contributed by atoms with Crippen molar-refractivity contribution in [2.75, 3.05) is 45.9 Å². The lowest BCUT2D eigenvalue weighted by atomic mass is 10.1. The molecule has 1 N–H and O–H groups in total. The fourth-order valence-electron chi connectivity index (χ4n) is 4.00. The molecule has 1 heterocycles. The highest BCUT2D eigenvalue weighted by Gasteiger charge is 2.31. The molecule has 2 aliphatic rings. The summed E-state index contributed by atoms with van der Waals surface area (Å²) in [6.07, 6.45) is 1.46. The molecule has 2 aromatic rings. The van der Waals surface area contributed by atoms with Crippen LogP contribution in [0.25, 0.3) is 0 Å². The van der Waals surface area contributed by atoms with Crippen LogP contribution in [0, 0.1) is 11.7 Å². The number of benzene rings is 2. The zero-order valence-corrected chi connectivity index (χ0v) is 19.3. The molecule has 0 aromatic heterocycles. The minimum absolute atomic E-state index is 0.0981. The smallest absolute Gasteiger partial charge is 0.253 e. The molecule has 178 valence electrons. The van der Waals surface area contributed by atoms with Gasteiger partial charge in [0.2, 0.25) is 0 Å². The lowest BCUT2D eigenvalue weighted by Crippen LogP contribution is -2.51. The van der Waals surface area contributed by atoms with Crippen molar-refractivity contribution in [2.45, 2.75) is 25.0 Å². The minimum Gasteiger partial charge on any atom is -0.491 e. The van der Waals surface area contributed by atoms with Gasteiger partial charge in [0.15, 0.2) is 0 Å². The molecule has 2 atom stereocenters. The molecular formula is C25H30ClFN2O4. The molecule has 1 aliphatic carbocycles. The van der Waals surface area contributed by atoms with Gasteiger partial charge in [-0.1, -0.05) is 11.6 Å². The zero-order valence-electron chi connectivity index (χ0n) is 18.5. The number of aliphatic hydroxyl groups excluding tert-OH is 1. The van der Waals surface area contributed by atoms with Gasteiger partial charge in [-0.05, 0) is 67.3 Å². The van der Waals surface area contributed by atoms with E-state index in [0.29, 0.717) is 61.6 Å². The van der Waals surface area contributed by atoms with Crippen LogP contribution in [0.2, 0.25) is 5.02 Å². The summed E-state index contributed by atoms with van der Waals surface area (Å²) < 4.78 is 24.9. The number of rotatable bonds is 10. The highest BCUT2D eigenvalue weighted by Crippen LogP contribution is 2.30. The van der Waals surface area contributed by atoms with E-state index in [1.165, 1.54) is 24.3 Å². The predicted octanol–water partition coefficient (Wildman–Crippen LogP) is 3.47. The van der Waals surface area contributed by atoms with E-state index in [0.717, 1.165) is 12.8 Å². The van der Waals surface area contributed by atoms with E-state index in [4.69, 9.17) is 21.1 Å². The first-order valence-corrected chi connectivity index (χ1v) is 11.8. The average molecular weight is 477 g/mol. The maximum absolute atomic E-state index is 13.3. The van der Waals surface area contributed by atoms with Gasteiger partial charge in [0.25, 0.3) is 5.91 Å². The van der Waals surface area contributed by atoms with E-state index in [2.05, 4.69) is 4.90 Å². The van der Waals surface area contributed by atoms with Crippen LogP contribution in [0.1, 0.15) is 23.2 Å². The number of carbonyl (C=O) groups is 1. The quantitative estimate of drug-likeness (QED) is 0.569. The SMILES string of the molecule is O=C(c1ccc(F)cc1)N(CC1CC1)C[C@H]1CN(C[C@H](O)COc2ccc(Cl)cc2)CCO1. The third-order valence-corrected chi connectivity index (χ3v) is 6.18. The largest absolute Gasteiger partial charge is 0.491 e. The average Bonchev–Trinajstić information content (AvgIpc) is 3.63. The summed E-state index contributed by atoms with van der Waals surface area (Å²) in [6.45, 7) is 3.67. The standard InChI is InChI=1S/C25H30ClFN2O4/c26-20-5-9-23(10-6-20)33-17-22(30)14-28-11-12-32-24(15-28)16-29(13-18-1-2-18)25(31)19-3-7-21(27)8-4-19/h3-10,18,22,24,30H,1-2,11-17H2/t22-,24+/m0/s1. The lowest BCUT2D eigenvalue weighted by Gasteiger charge is -2.36. The third-order valence-electron chi connectivity index (χ3n) is 5.93. The van der Waals surface area contributed by atoms with Crippen molar-refractivity contribution < 1.29 is 23.8 Å². The highest BCUT2D eigenvalue weighted by atomic mass is 35.5. The Hall–Kier alpha value is -2.19. The maximum Gasteiger partial charge on any atom is 0.253 e. The number of amides is 1. The Morgan fingerprint density at radius 2 is 1.91 bits per heavy atom. The van der Waals surface area contributed by atoms with Gasteiger partial charge in [-0.15, -0.1) is 0 Å². The van der Waals surface area contributed by atoms with Gasteiger partial charge < -0.3 is 19.5 Å². The van der Waals surface area contributed by atoms with Crippen LogP contribution in [0.4, 0.5) is 4.39 Å². The molecular weight excluding hydrogens is 447 g/mol. The number of halogens is 2. The summed E-state index contributed by atoms with van der Waals surface area (Å²) in [5.74, 6) is 0.735. The van der Waals surface area contributed by atoms with Crippen molar-refractivity contribution >= 4 is 17.5 Å². The van der Waals surface area contributed by atoms with Crippen LogP contribution < -0.4 is 4.74 Å². The molecule has 4 rings (SSSR count). The second-order valence-electron chi connectivity index (χ2n) is 8.83. The summed E-state index contributed by atoms with van der Waals surface area (Å²) in [4.78, 5) is 17.0. The van der Waals surface area contributed by atoms with E-state index in [-0.39, 0.29) is 24.4 Å². The molecule has 1 saturated heterocycles. The van der Waals surface area contributed by atoms with Crippen LogP contribution in [0.15, 0.2) is 48.5 Å². The molecule has 1 saturated carbocycles. The van der Waals surface area contributed by atoms with Crippen LogP contribution >= 0.6 is 11.6 Å². The summed E-state index contributed by atoms with van der Waals surface area (Å²) in [5.41, 5.74) is 0.486. The Morgan fingerprint density at radius 3 is 2.61 bits per heavy atom. The summed E-state index contributed by atoms with van der Waals surface area (Å²) in [6, 6.07) is 12.7. The van der Waals surface area contributed by atoms with Gasteiger partial charge in [0.05, 0.1) is 12.7 Å². The fourth-order valence-corrected chi connectivity index (χ4v) is 4.13. The van der Waals surface area contributed by atoms with Gasteiger partial charge in [0, 0.05) is 43.3 Å². The molecule has 33 heavy (non-hydrogen) atoms. The Balaban J connectivity index is 1.29. The second-order valence-corrected chi connectivity index (χ2v) is 9.27. The molecule has 6 nitrogen and oxygen atoms in total. The minimum atomic E-state index is -0.650. The highest BCUT2D eigenvalue weighted by molar-refractivity contribution is 6.30. The number of aliphatic hydroxyl groups is 1. The molecule has 8 heteroatoms. The summed E-state index contributed by atoms with van der Waals surface area (Å²) in [7, 11) is 0. The van der Waals surface area contributed by atoms with Crippen molar-refractivity contribution in [1.29, 1.82) is 0 Å². The number of hydrogen-bond donors (Lipinski definition) is 1. The molecule has 2 aromatic carbocycles. The first kappa shape index (κ1) is 24.0. The Bertz CT molecular complexity index is 908. The predicted molar refractivity (Wildman–Crippen MR) is 124 cm³/mol. The maximum atomic E-state index is 13.3. The number of carbonyl (C=O) groups excluding carboxylic acids is 1. The Kier molecular flexibility index (Phi) is 8.20. The van der Waals surface area contributed by atoms with Crippen molar-refractivity contribution in [3.05, 3.63) is 64.9 Å². The number of ether oxygens (including phenoxy) is 2.